The molecule has 3 aromatic rings. The lowest BCUT2D eigenvalue weighted by molar-refractivity contribution is -0.208. The molecule has 0 bridgehead atoms. The van der Waals surface area contributed by atoms with Gasteiger partial charge in [-0.1, -0.05) is 31.5 Å². The fourth-order valence-corrected chi connectivity index (χ4v) is 4.81. The van der Waals surface area contributed by atoms with Gasteiger partial charge in [0.15, 0.2) is 0 Å². The smallest absolute Gasteiger partial charge is 0.489 e. The minimum absolute atomic E-state index is 0.0838. The van der Waals surface area contributed by atoms with Gasteiger partial charge >= 0.3 is 18.2 Å². The summed E-state index contributed by atoms with van der Waals surface area (Å²) in [6, 6.07) is 15.0. The molecule has 2 atom stereocenters. The van der Waals surface area contributed by atoms with Crippen LogP contribution in [0.5, 0.6) is 5.75 Å². The van der Waals surface area contributed by atoms with E-state index in [9.17, 15) is 32.3 Å². The number of aryl methyl sites for hydroxylation is 1. The predicted octanol–water partition coefficient (Wildman–Crippen LogP) is 4.62. The summed E-state index contributed by atoms with van der Waals surface area (Å²) in [6.07, 6.45) is -4.54. The first-order chi connectivity index (χ1) is 21.5. The topological polar surface area (TPSA) is 136 Å². The van der Waals surface area contributed by atoms with Crippen molar-refractivity contribution in [2.75, 3.05) is 19.7 Å². The van der Waals surface area contributed by atoms with Crippen molar-refractivity contribution in [3.63, 3.8) is 0 Å². The number of hydrogen-bond acceptors (Lipinski definition) is 8. The van der Waals surface area contributed by atoms with Gasteiger partial charge in [-0.25, -0.2) is 9.59 Å². The number of para-hydroxylation sites is 1. The van der Waals surface area contributed by atoms with Gasteiger partial charge in [0.25, 0.3) is 11.8 Å². The van der Waals surface area contributed by atoms with Crippen LogP contribution in [0, 0.1) is 12.8 Å². The maximum absolute atomic E-state index is 13.1. The van der Waals surface area contributed by atoms with Gasteiger partial charge in [0.2, 0.25) is 0 Å². The number of pyridine rings is 1. The molecule has 2 N–H and O–H groups in total. The van der Waals surface area contributed by atoms with E-state index in [-0.39, 0.29) is 38.3 Å². The number of amides is 3. The number of rotatable bonds is 9. The van der Waals surface area contributed by atoms with Crippen LogP contribution in [0.1, 0.15) is 47.8 Å². The number of fused-ring (bicyclic) bond motifs is 1. The Morgan fingerprint density at radius 2 is 1.80 bits per heavy atom. The van der Waals surface area contributed by atoms with Crippen LogP contribution >= 0.6 is 0 Å². The van der Waals surface area contributed by atoms with Gasteiger partial charge < -0.3 is 24.5 Å². The number of likely N-dealkylation sites (tertiary alicyclic amines) is 1. The molecule has 1 fully saturated rings. The zero-order chi connectivity index (χ0) is 32.6. The number of unbranched alkanes of at least 4 members (excludes halogenated alkanes) is 1. The molecule has 1 aromatic heterocycles. The fraction of sp³-hybridized carbons (Fsp3) is 0.387. The van der Waals surface area contributed by atoms with Crippen molar-refractivity contribution in [1.29, 1.82) is 0 Å². The number of hydrogen-bond donors (Lipinski definition) is 2. The number of nitrogens with zero attached hydrogens (tertiary/aromatic N) is 2. The number of carbonyl (C=O) groups excluding carboxylic acids is 4. The van der Waals surface area contributed by atoms with Gasteiger partial charge in [-0.2, -0.15) is 18.7 Å². The first-order valence-electron chi connectivity index (χ1n) is 14.3. The highest BCUT2D eigenvalue weighted by Gasteiger charge is 2.43. The molecule has 1 aliphatic heterocycles. The molecule has 2 aromatic carbocycles. The second kappa shape index (κ2) is 14.7. The minimum Gasteiger partial charge on any atom is -0.489 e. The number of piperidine rings is 1. The molecule has 1 saturated heterocycles. The zero-order valence-corrected chi connectivity index (χ0v) is 24.7. The van der Waals surface area contributed by atoms with Gasteiger partial charge in [0.1, 0.15) is 12.4 Å². The van der Waals surface area contributed by atoms with E-state index in [1.165, 1.54) is 22.5 Å². The van der Waals surface area contributed by atoms with Crippen molar-refractivity contribution in [3.05, 3.63) is 71.4 Å². The number of hydroxylamine groups is 1. The highest BCUT2D eigenvalue weighted by molar-refractivity contribution is 5.95. The average Bonchev–Trinajstić information content (AvgIpc) is 3.02. The number of nitrogens with one attached hydrogen (secondary N) is 2. The third-order valence-electron chi connectivity index (χ3n) is 7.16. The van der Waals surface area contributed by atoms with Gasteiger partial charge in [0.05, 0.1) is 18.0 Å². The Morgan fingerprint density at radius 1 is 1.07 bits per heavy atom. The molecule has 45 heavy (non-hydrogen) atoms. The summed E-state index contributed by atoms with van der Waals surface area (Å²) >= 11 is 0. The standard InChI is InChI=1S/C31H33F3N4O7/c1-3-4-15-43-30(42)38-14-13-26(24(17-38)28(40)37-45-29(41)31(32,33)34)36-27(39)20-9-11-22(12-10-20)44-18-21-16-19(2)35-25-8-6-5-7-23(21)25/h5-12,16,24,26H,3-4,13-15,17-18H2,1-2H3,(H,36,39)(H,37,40)/t24-,26+/m0/s1. The molecule has 1 aliphatic rings. The maximum atomic E-state index is 13.1. The van der Waals surface area contributed by atoms with E-state index in [1.54, 1.807) is 12.1 Å². The summed E-state index contributed by atoms with van der Waals surface area (Å²) < 4.78 is 48.8. The van der Waals surface area contributed by atoms with Gasteiger partial charge in [-0.3, -0.25) is 14.6 Å². The van der Waals surface area contributed by atoms with Gasteiger partial charge in [-0.15, -0.1) is 0 Å². The fourth-order valence-electron chi connectivity index (χ4n) is 4.81. The van der Waals surface area contributed by atoms with Crippen molar-refractivity contribution in [3.8, 4) is 5.75 Å². The van der Waals surface area contributed by atoms with Crippen molar-refractivity contribution < 1.29 is 46.7 Å². The highest BCUT2D eigenvalue weighted by atomic mass is 19.4. The van der Waals surface area contributed by atoms with E-state index in [0.717, 1.165) is 28.6 Å². The third kappa shape index (κ3) is 8.83. The Labute approximate surface area is 257 Å². The second-order valence-corrected chi connectivity index (χ2v) is 10.5. The van der Waals surface area contributed by atoms with Crippen molar-refractivity contribution >= 4 is 34.8 Å². The van der Waals surface area contributed by atoms with Crippen LogP contribution < -0.4 is 15.5 Å². The lowest BCUT2D eigenvalue weighted by Crippen LogP contribution is -2.57. The molecule has 240 valence electrons. The number of alkyl halides is 3. The van der Waals surface area contributed by atoms with Crippen LogP contribution in [0.15, 0.2) is 54.6 Å². The normalized spacial score (nSPS) is 16.5. The third-order valence-corrected chi connectivity index (χ3v) is 7.16. The van der Waals surface area contributed by atoms with Gasteiger partial charge in [0, 0.05) is 41.3 Å². The first kappa shape index (κ1) is 33.0. The largest absolute Gasteiger partial charge is 0.493 e. The summed E-state index contributed by atoms with van der Waals surface area (Å²) in [5.41, 5.74) is 4.39. The molecule has 3 amide bonds. The molecule has 0 spiro atoms. The number of halogens is 3. The quantitative estimate of drug-likeness (QED) is 0.258. The summed E-state index contributed by atoms with van der Waals surface area (Å²) in [6.45, 7) is 4.06. The Balaban J connectivity index is 1.40. The molecule has 4 rings (SSSR count). The summed E-state index contributed by atoms with van der Waals surface area (Å²) in [5.74, 6) is -5.04. The SMILES string of the molecule is CCCCOC(=O)N1CC[C@@H](NC(=O)c2ccc(OCc3cc(C)nc4ccccc34)cc2)[C@@H](C(=O)NOC(=O)C(F)(F)F)C1. The molecule has 0 saturated carbocycles. The summed E-state index contributed by atoms with van der Waals surface area (Å²) in [7, 11) is 0. The summed E-state index contributed by atoms with van der Waals surface area (Å²) in [4.78, 5) is 59.2. The molecule has 2 heterocycles. The lowest BCUT2D eigenvalue weighted by Gasteiger charge is -2.37. The van der Waals surface area contributed by atoms with E-state index in [4.69, 9.17) is 9.47 Å². The van der Waals surface area contributed by atoms with E-state index in [1.807, 2.05) is 44.2 Å². The van der Waals surface area contributed by atoms with Crippen LogP contribution in [0.3, 0.4) is 0 Å². The van der Waals surface area contributed by atoms with Crippen LogP contribution in [0.2, 0.25) is 0 Å². The monoisotopic (exact) mass is 630 g/mol. The maximum Gasteiger partial charge on any atom is 0.493 e. The Kier molecular flexibility index (Phi) is 10.8. The molecule has 11 nitrogen and oxygen atoms in total. The van der Waals surface area contributed by atoms with Crippen LogP contribution in [-0.2, 0) is 25.8 Å². The highest BCUT2D eigenvalue weighted by Crippen LogP contribution is 2.23. The van der Waals surface area contributed by atoms with E-state index >= 15 is 0 Å². The number of aromatic nitrogens is 1. The van der Waals surface area contributed by atoms with Crippen LogP contribution in [0.4, 0.5) is 18.0 Å². The first-order valence-corrected chi connectivity index (χ1v) is 14.3. The van der Waals surface area contributed by atoms with Gasteiger partial charge in [-0.05, 0) is 56.2 Å². The van der Waals surface area contributed by atoms with E-state index in [2.05, 4.69) is 15.1 Å². The molecular weight excluding hydrogens is 597 g/mol. The van der Waals surface area contributed by atoms with Crippen molar-refractivity contribution in [1.82, 2.24) is 20.7 Å². The average molecular weight is 631 g/mol. The van der Waals surface area contributed by atoms with E-state index in [0.29, 0.717) is 12.2 Å². The minimum atomic E-state index is -5.33. The van der Waals surface area contributed by atoms with Crippen LogP contribution in [-0.4, -0.2) is 65.7 Å². The Morgan fingerprint density at radius 3 is 2.51 bits per heavy atom. The molecule has 0 radical (unpaired) electrons. The Bertz CT molecular complexity index is 1530. The number of carbonyl (C=O) groups is 4. The van der Waals surface area contributed by atoms with Crippen LogP contribution in [0.25, 0.3) is 10.9 Å². The zero-order valence-electron chi connectivity index (χ0n) is 24.7. The summed E-state index contributed by atoms with van der Waals surface area (Å²) in [5, 5.41) is 3.67. The van der Waals surface area contributed by atoms with Crippen molar-refractivity contribution in [2.45, 2.75) is 51.9 Å². The molecule has 0 aliphatic carbocycles. The Hall–Kier alpha value is -4.88. The van der Waals surface area contributed by atoms with E-state index < -0.39 is 42.0 Å². The van der Waals surface area contributed by atoms with Crippen molar-refractivity contribution in [2.24, 2.45) is 5.92 Å². The molecule has 0 unspecified atom stereocenters. The predicted molar refractivity (Wildman–Crippen MR) is 155 cm³/mol. The second-order valence-electron chi connectivity index (χ2n) is 10.5. The lowest BCUT2D eigenvalue weighted by atomic mass is 9.91. The number of benzene rings is 2. The molecular formula is C31H33F3N4O7. The number of ether oxygens (including phenoxy) is 2. The molecule has 14 heteroatoms.